The molecule has 0 spiro atoms. The fourth-order valence-corrected chi connectivity index (χ4v) is 12.6. The van der Waals surface area contributed by atoms with Gasteiger partial charge in [0.1, 0.15) is 0 Å². The van der Waals surface area contributed by atoms with Gasteiger partial charge in [0.05, 0.1) is 44.1 Å². The number of hydrogen-bond donors (Lipinski definition) is 0. The molecule has 0 atom stereocenters. The van der Waals surface area contributed by atoms with E-state index in [1.54, 1.807) is 0 Å². The molecule has 4 heteroatoms. The zero-order valence-corrected chi connectivity index (χ0v) is 41.3. The molecule has 0 saturated heterocycles. The lowest BCUT2D eigenvalue weighted by Crippen LogP contribution is -1.99. The smallest absolute Gasteiger partial charge is 0.0788 e. The summed E-state index contributed by atoms with van der Waals surface area (Å²) in [6.45, 7) is 0. The predicted molar refractivity (Wildman–Crippen MR) is 320 cm³/mol. The second-order valence-corrected chi connectivity index (χ2v) is 20.1. The zero-order valence-electron chi connectivity index (χ0n) is 41.3. The van der Waals surface area contributed by atoms with Crippen molar-refractivity contribution in [3.05, 3.63) is 279 Å². The van der Waals surface area contributed by atoms with Crippen LogP contribution in [0.2, 0.25) is 0 Å². The molecule has 0 aliphatic rings. The Kier molecular flexibility index (Phi) is 9.30. The Hall–Kier alpha value is -10.2. The van der Waals surface area contributed by atoms with Crippen molar-refractivity contribution in [3.63, 3.8) is 0 Å². The molecule has 4 heterocycles. The highest BCUT2D eigenvalue weighted by atomic mass is 15.1. The van der Waals surface area contributed by atoms with Crippen LogP contribution in [0.3, 0.4) is 0 Å². The van der Waals surface area contributed by atoms with Gasteiger partial charge in [0, 0.05) is 65.8 Å². The van der Waals surface area contributed by atoms with Gasteiger partial charge in [-0.25, -0.2) is 0 Å². The van der Waals surface area contributed by atoms with E-state index in [0.717, 1.165) is 28.3 Å². The average Bonchev–Trinajstić information content (AvgIpc) is 4.39. The van der Waals surface area contributed by atoms with E-state index in [9.17, 15) is 0 Å². The number of rotatable bonds is 7. The van der Waals surface area contributed by atoms with E-state index >= 15 is 0 Å². The molecular formula is C72H46N4. The molecule has 0 N–H and O–H groups in total. The number of fused-ring (bicyclic) bond motifs is 14. The molecule has 0 radical (unpaired) electrons. The first-order valence-electron chi connectivity index (χ1n) is 26.2. The zero-order chi connectivity index (χ0) is 49.8. The maximum absolute atomic E-state index is 2.54. The number of nitrogens with zero attached hydrogens (tertiary/aromatic N) is 4. The van der Waals surface area contributed by atoms with Crippen LogP contribution < -0.4 is 0 Å². The molecule has 4 aromatic heterocycles. The highest BCUT2D eigenvalue weighted by Gasteiger charge is 2.25. The quantitative estimate of drug-likeness (QED) is 0.152. The Morgan fingerprint density at radius 2 is 0.461 bits per heavy atom. The number of benzene rings is 12. The number of aromatic nitrogens is 4. The van der Waals surface area contributed by atoms with Crippen LogP contribution in [0.25, 0.3) is 143 Å². The van der Waals surface area contributed by atoms with Crippen molar-refractivity contribution in [1.82, 2.24) is 18.3 Å². The van der Waals surface area contributed by atoms with Crippen LogP contribution in [0.1, 0.15) is 0 Å². The Morgan fingerprint density at radius 3 is 0.842 bits per heavy atom. The first kappa shape index (κ1) is 42.4. The van der Waals surface area contributed by atoms with E-state index in [1.807, 2.05) is 0 Å². The van der Waals surface area contributed by atoms with Crippen molar-refractivity contribution in [2.75, 3.05) is 0 Å². The van der Waals surface area contributed by atoms with Gasteiger partial charge in [-0.2, -0.15) is 0 Å². The molecule has 0 bridgehead atoms. The third-order valence-electron chi connectivity index (χ3n) is 15.9. The highest BCUT2D eigenvalue weighted by molar-refractivity contribution is 6.26. The minimum absolute atomic E-state index is 1.11. The predicted octanol–water partition coefficient (Wildman–Crippen LogP) is 19.1. The van der Waals surface area contributed by atoms with Gasteiger partial charge >= 0.3 is 0 Å². The molecule has 0 unspecified atom stereocenters. The number of para-hydroxylation sites is 5. The molecular weight excluding hydrogens is 921 g/mol. The van der Waals surface area contributed by atoms with Crippen LogP contribution in [-0.2, 0) is 0 Å². The maximum Gasteiger partial charge on any atom is 0.0788 e. The molecule has 12 aromatic carbocycles. The van der Waals surface area contributed by atoms with E-state index in [-0.39, 0.29) is 0 Å². The number of hydrogen-bond acceptors (Lipinski definition) is 0. The molecule has 0 saturated carbocycles. The van der Waals surface area contributed by atoms with E-state index in [1.165, 1.54) is 115 Å². The lowest BCUT2D eigenvalue weighted by Gasteiger charge is -2.16. The monoisotopic (exact) mass is 966 g/mol. The largest absolute Gasteiger partial charge is 0.307 e. The molecule has 0 aliphatic heterocycles. The fraction of sp³-hybridized carbons (Fsp3) is 0. The van der Waals surface area contributed by atoms with Crippen molar-refractivity contribution in [1.29, 1.82) is 0 Å². The van der Waals surface area contributed by atoms with Crippen molar-refractivity contribution < 1.29 is 0 Å². The summed E-state index contributed by atoms with van der Waals surface area (Å²) in [6.07, 6.45) is 0. The van der Waals surface area contributed by atoms with Gasteiger partial charge < -0.3 is 18.3 Å². The molecule has 0 aliphatic carbocycles. The summed E-state index contributed by atoms with van der Waals surface area (Å²) >= 11 is 0. The van der Waals surface area contributed by atoms with Gasteiger partial charge in [-0.15, -0.1) is 0 Å². The molecule has 354 valence electrons. The standard InChI is InChI=1S/C72H46N4/c1-6-20-47(21-7-1)51-42-52(48-22-8-2-9-23-48)44-56(43-51)76-68-41-35-50(46-64(68)62-39-37-60-58-31-17-19-33-66(58)74(70(60)72(62)76)54-26-12-4-13-27-54)49-34-40-67-63(45-49)61-38-36-59-57-30-16-18-32-65(57)73(53-24-10-3-11-25-53)69(59)71(61)75(67)55-28-14-5-15-29-55/h1-46H. The SMILES string of the molecule is c1ccc(-c2cc(-c3ccccc3)cc(-n3c4ccc(-c5ccc6c(c5)c5ccc7c8ccccc8n(-c8ccccc8)c7c5n6-c5ccccc5)cc4c4ccc5c6ccccc6n(-c6ccccc6)c5c43)c2)cc1. The minimum Gasteiger partial charge on any atom is -0.307 e. The van der Waals surface area contributed by atoms with Crippen molar-refractivity contribution in [2.45, 2.75) is 0 Å². The van der Waals surface area contributed by atoms with E-state index < -0.39 is 0 Å². The summed E-state index contributed by atoms with van der Waals surface area (Å²) in [6, 6.07) is 103. The minimum atomic E-state index is 1.11. The van der Waals surface area contributed by atoms with Crippen LogP contribution in [0, 0.1) is 0 Å². The van der Waals surface area contributed by atoms with E-state index in [2.05, 4.69) is 297 Å². The first-order valence-corrected chi connectivity index (χ1v) is 26.2. The summed E-state index contributed by atoms with van der Waals surface area (Å²) in [4.78, 5) is 0. The van der Waals surface area contributed by atoms with Crippen molar-refractivity contribution in [3.8, 4) is 56.1 Å². The lowest BCUT2D eigenvalue weighted by atomic mass is 9.98. The normalized spacial score (nSPS) is 11.9. The van der Waals surface area contributed by atoms with E-state index in [4.69, 9.17) is 0 Å². The second-order valence-electron chi connectivity index (χ2n) is 20.1. The highest BCUT2D eigenvalue weighted by Crippen LogP contribution is 2.46. The summed E-state index contributed by atoms with van der Waals surface area (Å²) < 4.78 is 9.97. The fourth-order valence-electron chi connectivity index (χ4n) is 12.6. The third kappa shape index (κ3) is 6.31. The Labute approximate surface area is 438 Å². The third-order valence-corrected chi connectivity index (χ3v) is 15.9. The molecule has 0 fully saturated rings. The van der Waals surface area contributed by atoms with Crippen molar-refractivity contribution in [2.24, 2.45) is 0 Å². The van der Waals surface area contributed by atoms with Crippen LogP contribution in [0.15, 0.2) is 279 Å². The van der Waals surface area contributed by atoms with Crippen LogP contribution in [0.5, 0.6) is 0 Å². The van der Waals surface area contributed by atoms with Crippen LogP contribution in [0.4, 0.5) is 0 Å². The molecule has 16 rings (SSSR count). The van der Waals surface area contributed by atoms with Crippen LogP contribution >= 0.6 is 0 Å². The lowest BCUT2D eigenvalue weighted by molar-refractivity contribution is 1.15. The van der Waals surface area contributed by atoms with Gasteiger partial charge in [-0.05, 0) is 124 Å². The average molecular weight is 967 g/mol. The summed E-state index contributed by atoms with van der Waals surface area (Å²) in [5, 5.41) is 9.76. The summed E-state index contributed by atoms with van der Waals surface area (Å²) in [7, 11) is 0. The van der Waals surface area contributed by atoms with Gasteiger partial charge in [0.25, 0.3) is 0 Å². The Morgan fingerprint density at radius 1 is 0.158 bits per heavy atom. The Bertz CT molecular complexity index is 4890. The van der Waals surface area contributed by atoms with Gasteiger partial charge in [0.15, 0.2) is 0 Å². The van der Waals surface area contributed by atoms with Crippen molar-refractivity contribution >= 4 is 87.2 Å². The maximum atomic E-state index is 2.54. The molecule has 0 amide bonds. The van der Waals surface area contributed by atoms with Gasteiger partial charge in [-0.3, -0.25) is 0 Å². The Balaban J connectivity index is 0.991. The van der Waals surface area contributed by atoms with Crippen LogP contribution in [-0.4, -0.2) is 18.3 Å². The molecule has 76 heavy (non-hydrogen) atoms. The second kappa shape index (κ2) is 16.7. The molecule has 16 aromatic rings. The summed E-state index contributed by atoms with van der Waals surface area (Å²) in [5.41, 5.74) is 21.0. The van der Waals surface area contributed by atoms with Gasteiger partial charge in [-0.1, -0.05) is 188 Å². The van der Waals surface area contributed by atoms with Gasteiger partial charge in [0.2, 0.25) is 0 Å². The topological polar surface area (TPSA) is 19.7 Å². The van der Waals surface area contributed by atoms with E-state index in [0.29, 0.717) is 0 Å². The first-order chi connectivity index (χ1) is 37.7. The molecule has 4 nitrogen and oxygen atoms in total. The summed E-state index contributed by atoms with van der Waals surface area (Å²) in [5.74, 6) is 0.